The molecule has 0 fully saturated rings. The molecular weight excluding hydrogens is 479 g/mol. The van der Waals surface area contributed by atoms with E-state index in [0.717, 1.165) is 53.4 Å². The first kappa shape index (κ1) is 25.2. The lowest BCUT2D eigenvalue weighted by Crippen LogP contribution is -2.34. The van der Waals surface area contributed by atoms with Crippen LogP contribution in [0.5, 0.6) is 0 Å². The summed E-state index contributed by atoms with van der Waals surface area (Å²) in [5.41, 5.74) is 3.42. The Balaban J connectivity index is 1.60. The number of carbonyl (C=O) groups is 1. The van der Waals surface area contributed by atoms with Gasteiger partial charge in [0.15, 0.2) is 5.49 Å². The molecule has 194 valence electrons. The monoisotopic (exact) mass is 509 g/mol. The number of pyridine rings is 1. The van der Waals surface area contributed by atoms with E-state index in [4.69, 9.17) is 15.0 Å². The third-order valence-corrected chi connectivity index (χ3v) is 7.38. The normalized spacial score (nSPS) is 17.2. The van der Waals surface area contributed by atoms with E-state index >= 15 is 0 Å². The highest BCUT2D eigenvalue weighted by atomic mass is 19.4. The van der Waals surface area contributed by atoms with Gasteiger partial charge in [-0.25, -0.2) is 4.98 Å². The number of alkyl halides is 3. The van der Waals surface area contributed by atoms with Crippen molar-refractivity contribution >= 4 is 22.4 Å². The van der Waals surface area contributed by atoms with Crippen molar-refractivity contribution in [3.05, 3.63) is 70.2 Å². The molecule has 3 aromatic rings. The van der Waals surface area contributed by atoms with Crippen molar-refractivity contribution in [2.45, 2.75) is 65.2 Å². The molecule has 0 N–H and O–H groups in total. The zero-order chi connectivity index (χ0) is 26.3. The van der Waals surface area contributed by atoms with E-state index < -0.39 is 17.8 Å². The van der Waals surface area contributed by atoms with Crippen molar-refractivity contribution in [2.75, 3.05) is 13.1 Å². The maximum atomic E-state index is 13.5. The van der Waals surface area contributed by atoms with Gasteiger partial charge in [-0.2, -0.15) is 13.2 Å². The standard InChI is InChI=1S/C28H30F3N5O/c1-4-26(37)35-13-10-19(11-14-35)23-15-21-24(16-32-23)36-12-6-9-25(36)34-27(21)33-18(3)20-7-5-8-22(17(20)2)28(29,30)31/h5,7-8,10,15-16,18H,4,6,9,11-14H2,1-3H3/t18-/m1/s1. The summed E-state index contributed by atoms with van der Waals surface area (Å²) in [5, 5.41) is 0.833. The first-order valence-electron chi connectivity index (χ1n) is 12.7. The molecule has 0 radical (unpaired) electrons. The molecule has 0 aliphatic carbocycles. The van der Waals surface area contributed by atoms with Gasteiger partial charge in [0.25, 0.3) is 0 Å². The summed E-state index contributed by atoms with van der Waals surface area (Å²) in [6, 6.07) is 5.72. The number of halogens is 3. The zero-order valence-corrected chi connectivity index (χ0v) is 21.3. The zero-order valence-electron chi connectivity index (χ0n) is 21.3. The summed E-state index contributed by atoms with van der Waals surface area (Å²) in [7, 11) is 0. The Labute approximate surface area is 213 Å². The average molecular weight is 510 g/mol. The summed E-state index contributed by atoms with van der Waals surface area (Å²) in [6.07, 6.45) is 2.48. The minimum Gasteiger partial charge on any atom is -0.339 e. The number of carbonyl (C=O) groups excluding carboxylic acids is 1. The van der Waals surface area contributed by atoms with Gasteiger partial charge >= 0.3 is 6.18 Å². The highest BCUT2D eigenvalue weighted by molar-refractivity contribution is 5.82. The molecule has 6 nitrogen and oxygen atoms in total. The lowest BCUT2D eigenvalue weighted by molar-refractivity contribution is -0.138. The van der Waals surface area contributed by atoms with Gasteiger partial charge in [-0.05, 0) is 55.5 Å². The topological polar surface area (TPSA) is 63.4 Å². The second kappa shape index (κ2) is 9.76. The first-order chi connectivity index (χ1) is 17.7. The van der Waals surface area contributed by atoms with Gasteiger partial charge in [0, 0.05) is 37.9 Å². The maximum Gasteiger partial charge on any atom is 0.416 e. The van der Waals surface area contributed by atoms with Crippen LogP contribution in [0.25, 0.3) is 16.5 Å². The number of hydrogen-bond donors (Lipinski definition) is 0. The smallest absolute Gasteiger partial charge is 0.339 e. The molecule has 0 saturated carbocycles. The number of benzene rings is 1. The number of aryl methyl sites for hydroxylation is 2. The Morgan fingerprint density at radius 1 is 1.22 bits per heavy atom. The van der Waals surface area contributed by atoms with Crippen LogP contribution >= 0.6 is 0 Å². The number of amides is 1. The van der Waals surface area contributed by atoms with Gasteiger partial charge in [-0.3, -0.25) is 14.8 Å². The van der Waals surface area contributed by atoms with E-state index in [2.05, 4.69) is 4.57 Å². The van der Waals surface area contributed by atoms with Crippen LogP contribution in [0.15, 0.2) is 41.5 Å². The van der Waals surface area contributed by atoms with Crippen LogP contribution in [0, 0.1) is 6.92 Å². The van der Waals surface area contributed by atoms with Gasteiger partial charge in [0.1, 0.15) is 5.82 Å². The van der Waals surface area contributed by atoms with E-state index in [1.807, 2.05) is 37.1 Å². The molecular formula is C28H30F3N5O. The number of hydrogen-bond acceptors (Lipinski definition) is 4. The SMILES string of the molecule is CCC(=O)N1CC=C(c2cc3c(=N[C@H](C)c4cccc(C(F)(F)F)c4C)nc4n(c3cn2)CCC4)CC1. The van der Waals surface area contributed by atoms with Crippen LogP contribution in [0.4, 0.5) is 13.2 Å². The molecule has 2 aliphatic heterocycles. The van der Waals surface area contributed by atoms with Gasteiger partial charge < -0.3 is 9.47 Å². The predicted molar refractivity (Wildman–Crippen MR) is 135 cm³/mol. The molecule has 0 bridgehead atoms. The van der Waals surface area contributed by atoms with E-state index in [0.29, 0.717) is 37.0 Å². The Morgan fingerprint density at radius 2 is 2.03 bits per heavy atom. The van der Waals surface area contributed by atoms with Gasteiger partial charge in [0.2, 0.25) is 5.91 Å². The van der Waals surface area contributed by atoms with Crippen molar-refractivity contribution in [2.24, 2.45) is 4.99 Å². The Kier molecular flexibility index (Phi) is 6.64. The van der Waals surface area contributed by atoms with Crippen molar-refractivity contribution in [3.8, 4) is 0 Å². The van der Waals surface area contributed by atoms with E-state index in [-0.39, 0.29) is 11.5 Å². The van der Waals surface area contributed by atoms with Crippen molar-refractivity contribution in [1.29, 1.82) is 0 Å². The van der Waals surface area contributed by atoms with Crippen LogP contribution in [-0.4, -0.2) is 38.4 Å². The van der Waals surface area contributed by atoms with Crippen LogP contribution in [0.2, 0.25) is 0 Å². The van der Waals surface area contributed by atoms with Gasteiger partial charge in [0.05, 0.1) is 29.0 Å². The number of fused-ring (bicyclic) bond motifs is 3. The minimum absolute atomic E-state index is 0.137. The van der Waals surface area contributed by atoms with Crippen LogP contribution in [0.1, 0.15) is 67.4 Å². The summed E-state index contributed by atoms with van der Waals surface area (Å²) in [6.45, 7) is 7.22. The van der Waals surface area contributed by atoms with Crippen LogP contribution in [0.3, 0.4) is 0 Å². The first-order valence-corrected chi connectivity index (χ1v) is 12.7. The number of rotatable bonds is 4. The maximum absolute atomic E-state index is 13.5. The Morgan fingerprint density at radius 3 is 2.73 bits per heavy atom. The van der Waals surface area contributed by atoms with Crippen LogP contribution in [-0.2, 0) is 23.9 Å². The molecule has 1 amide bonds. The molecule has 2 aliphatic rings. The summed E-state index contributed by atoms with van der Waals surface area (Å²) in [5.74, 6) is 1.05. The molecule has 0 unspecified atom stereocenters. The highest BCUT2D eigenvalue weighted by Gasteiger charge is 2.33. The third kappa shape index (κ3) is 4.79. The van der Waals surface area contributed by atoms with Crippen LogP contribution < -0.4 is 5.49 Å². The van der Waals surface area contributed by atoms with E-state index in [1.54, 1.807) is 6.07 Å². The molecule has 4 heterocycles. The quantitative estimate of drug-likeness (QED) is 0.474. The average Bonchev–Trinajstić information content (AvgIpc) is 3.36. The van der Waals surface area contributed by atoms with E-state index in [9.17, 15) is 18.0 Å². The van der Waals surface area contributed by atoms with Gasteiger partial charge in [-0.1, -0.05) is 25.1 Å². The molecule has 1 aromatic carbocycles. The second-order valence-electron chi connectivity index (χ2n) is 9.69. The molecule has 37 heavy (non-hydrogen) atoms. The fourth-order valence-electron chi connectivity index (χ4n) is 5.35. The fourth-order valence-corrected chi connectivity index (χ4v) is 5.35. The Hall–Kier alpha value is -3.49. The Bertz CT molecular complexity index is 1470. The lowest BCUT2D eigenvalue weighted by Gasteiger charge is -2.26. The number of nitrogens with zero attached hydrogens (tertiary/aromatic N) is 5. The molecule has 2 aromatic heterocycles. The highest BCUT2D eigenvalue weighted by Crippen LogP contribution is 2.35. The molecule has 9 heteroatoms. The predicted octanol–water partition coefficient (Wildman–Crippen LogP) is 5.39. The lowest BCUT2D eigenvalue weighted by atomic mass is 9.97. The van der Waals surface area contributed by atoms with Crippen molar-refractivity contribution in [3.63, 3.8) is 0 Å². The van der Waals surface area contributed by atoms with Crippen molar-refractivity contribution < 1.29 is 18.0 Å². The van der Waals surface area contributed by atoms with Gasteiger partial charge in [-0.15, -0.1) is 0 Å². The summed E-state index contributed by atoms with van der Waals surface area (Å²) >= 11 is 0. The summed E-state index contributed by atoms with van der Waals surface area (Å²) < 4.78 is 42.7. The molecule has 0 spiro atoms. The fraction of sp³-hybridized carbons (Fsp3) is 0.429. The van der Waals surface area contributed by atoms with Crippen molar-refractivity contribution in [1.82, 2.24) is 19.4 Å². The largest absolute Gasteiger partial charge is 0.416 e. The third-order valence-electron chi connectivity index (χ3n) is 7.38. The van der Waals surface area contributed by atoms with E-state index in [1.165, 1.54) is 13.0 Å². The second-order valence-corrected chi connectivity index (χ2v) is 9.69. The molecule has 0 saturated heterocycles. The number of aromatic nitrogens is 3. The minimum atomic E-state index is -4.42. The summed E-state index contributed by atoms with van der Waals surface area (Å²) in [4.78, 5) is 28.4. The molecule has 5 rings (SSSR count). The molecule has 1 atom stereocenters.